The van der Waals surface area contributed by atoms with Crippen molar-refractivity contribution in [3.8, 4) is 0 Å². The van der Waals surface area contributed by atoms with E-state index in [2.05, 4.69) is 25.8 Å². The third-order valence-corrected chi connectivity index (χ3v) is 11.9. The maximum absolute atomic E-state index is 12.2. The molecule has 2 aromatic carbocycles. The molecule has 0 aliphatic carbocycles. The van der Waals surface area contributed by atoms with Gasteiger partial charge in [0.1, 0.15) is 18.5 Å². The molecule has 0 radical (unpaired) electrons. The van der Waals surface area contributed by atoms with Crippen molar-refractivity contribution in [2.45, 2.75) is 64.2 Å². The van der Waals surface area contributed by atoms with Crippen LogP contribution >= 0.6 is 0 Å². The number of hydrogen-bond acceptors (Lipinski definition) is 9. The van der Waals surface area contributed by atoms with Crippen molar-refractivity contribution in [1.82, 2.24) is 9.55 Å². The monoisotopic (exact) mass is 567 g/mol. The van der Waals surface area contributed by atoms with E-state index in [0.29, 0.717) is 0 Å². The van der Waals surface area contributed by atoms with E-state index in [1.165, 1.54) is 26.2 Å². The van der Waals surface area contributed by atoms with Crippen molar-refractivity contribution in [2.24, 2.45) is 0 Å². The molecule has 4 atom stereocenters. The van der Waals surface area contributed by atoms with E-state index in [0.717, 1.165) is 14.9 Å². The van der Waals surface area contributed by atoms with Crippen LogP contribution in [0.2, 0.25) is 5.04 Å². The number of rotatable bonds is 9. The first-order valence-corrected chi connectivity index (χ1v) is 14.8. The largest absolute Gasteiger partial charge is 0.455 e. The van der Waals surface area contributed by atoms with Crippen LogP contribution in [-0.4, -0.2) is 59.6 Å². The molecular formula is C28H33N3O8Si. The zero-order valence-corrected chi connectivity index (χ0v) is 24.1. The first-order valence-electron chi connectivity index (χ1n) is 12.9. The summed E-state index contributed by atoms with van der Waals surface area (Å²) in [7, 11) is -3.01. The quantitative estimate of drug-likeness (QED) is 0.166. The highest BCUT2D eigenvalue weighted by Gasteiger charge is 2.55. The van der Waals surface area contributed by atoms with Gasteiger partial charge in [0.05, 0.1) is 6.61 Å². The van der Waals surface area contributed by atoms with Crippen molar-refractivity contribution in [3.63, 3.8) is 0 Å². The fourth-order valence-electron chi connectivity index (χ4n) is 5.33. The minimum Gasteiger partial charge on any atom is -0.455 e. The topological polar surface area (TPSA) is 132 Å². The number of nitrogens with zero attached hydrogens (tertiary/aromatic N) is 3. The third-order valence-electron chi connectivity index (χ3n) is 6.86. The van der Waals surface area contributed by atoms with E-state index >= 15 is 0 Å². The molecule has 0 amide bonds. The number of imidazole rings is 1. The SMILES string of the molecule is CC(=O)O[C@H]1[C@H](OC(C)=O)[C@@H](n2ccnc2[N+](=O)[O-])O[C@@H]1CO[Si](c1ccccc1)(c1ccccc1)C(C)(C)C. The average Bonchev–Trinajstić information content (AvgIpc) is 3.50. The second-order valence-electron chi connectivity index (χ2n) is 10.6. The van der Waals surface area contributed by atoms with Gasteiger partial charge in [0.15, 0.2) is 12.2 Å². The van der Waals surface area contributed by atoms with Crippen molar-refractivity contribution >= 4 is 36.6 Å². The van der Waals surface area contributed by atoms with E-state index in [9.17, 15) is 19.7 Å². The molecule has 1 aliphatic rings. The summed E-state index contributed by atoms with van der Waals surface area (Å²) in [5.74, 6) is -1.79. The van der Waals surface area contributed by atoms with Gasteiger partial charge in [-0.2, -0.15) is 4.57 Å². The minimum absolute atomic E-state index is 0.0397. The Kier molecular flexibility index (Phi) is 8.52. The van der Waals surface area contributed by atoms with Crippen LogP contribution in [-0.2, 0) is 28.2 Å². The number of aromatic nitrogens is 2. The van der Waals surface area contributed by atoms with Crippen LogP contribution < -0.4 is 10.4 Å². The van der Waals surface area contributed by atoms with Crippen molar-refractivity contribution in [1.29, 1.82) is 0 Å². The Morgan fingerprint density at radius 2 is 1.50 bits per heavy atom. The molecule has 0 saturated carbocycles. The van der Waals surface area contributed by atoms with Gasteiger partial charge in [0.2, 0.25) is 6.23 Å². The van der Waals surface area contributed by atoms with E-state index in [-0.39, 0.29) is 11.6 Å². The Bertz CT molecular complexity index is 1300. The van der Waals surface area contributed by atoms with Gasteiger partial charge >= 0.3 is 17.9 Å². The molecule has 3 aromatic rings. The first kappa shape index (κ1) is 29.1. The number of esters is 2. The zero-order valence-electron chi connectivity index (χ0n) is 23.1. The second kappa shape index (κ2) is 11.7. The number of ether oxygens (including phenoxy) is 3. The lowest BCUT2D eigenvalue weighted by Crippen LogP contribution is -2.67. The van der Waals surface area contributed by atoms with E-state index in [4.69, 9.17) is 18.6 Å². The Hall–Kier alpha value is -3.87. The van der Waals surface area contributed by atoms with Gasteiger partial charge in [0.25, 0.3) is 8.32 Å². The number of hydrogen-bond donors (Lipinski definition) is 0. The van der Waals surface area contributed by atoms with Gasteiger partial charge < -0.3 is 28.8 Å². The fourth-order valence-corrected chi connectivity index (χ4v) is 9.90. The number of carbonyl (C=O) groups is 2. The molecular weight excluding hydrogens is 534 g/mol. The lowest BCUT2D eigenvalue weighted by atomic mass is 10.1. The standard InChI is InChI=1S/C28H33N3O8Si/c1-19(32)37-24-23(39-26(25(24)38-20(2)33)30-17-16-29-27(30)31(34)35)18-36-40(28(3,4)5,21-12-8-6-9-13-21)22-14-10-7-11-15-22/h6-17,23-26H,18H2,1-5H3/t23-,24-,25+,26+/m1/s1. The van der Waals surface area contributed by atoms with Crippen LogP contribution in [0.25, 0.3) is 0 Å². The third kappa shape index (κ3) is 5.69. The molecule has 0 bridgehead atoms. The summed E-state index contributed by atoms with van der Waals surface area (Å²) in [4.78, 5) is 39.0. The summed E-state index contributed by atoms with van der Waals surface area (Å²) in [5, 5.41) is 13.4. The molecule has 1 aromatic heterocycles. The Balaban J connectivity index is 1.78. The normalized spacial score (nSPS) is 21.1. The predicted octanol–water partition coefficient (Wildman–Crippen LogP) is 3.13. The molecule has 0 N–H and O–H groups in total. The molecule has 11 nitrogen and oxygen atoms in total. The number of nitro groups is 1. The summed E-state index contributed by atoms with van der Waals surface area (Å²) >= 11 is 0. The van der Waals surface area contributed by atoms with E-state index in [1.807, 2.05) is 60.7 Å². The lowest BCUT2D eigenvalue weighted by Gasteiger charge is -2.43. The van der Waals surface area contributed by atoms with E-state index < -0.39 is 55.7 Å². The smallest absolute Gasteiger partial charge is 0.436 e. The summed E-state index contributed by atoms with van der Waals surface area (Å²) in [6.07, 6.45) is -1.76. The summed E-state index contributed by atoms with van der Waals surface area (Å²) in [6, 6.07) is 19.9. The molecule has 0 spiro atoms. The van der Waals surface area contributed by atoms with Gasteiger partial charge in [-0.15, -0.1) is 0 Å². The van der Waals surface area contributed by atoms with Gasteiger partial charge in [-0.3, -0.25) is 9.59 Å². The van der Waals surface area contributed by atoms with Gasteiger partial charge in [0, 0.05) is 13.8 Å². The molecule has 1 fully saturated rings. The fraction of sp³-hybridized carbons (Fsp3) is 0.393. The molecule has 212 valence electrons. The highest BCUT2D eigenvalue weighted by Crippen LogP contribution is 2.40. The number of benzene rings is 2. The summed E-state index contributed by atoms with van der Waals surface area (Å²) < 4.78 is 25.6. The molecule has 0 unspecified atom stereocenters. The minimum atomic E-state index is -3.01. The highest BCUT2D eigenvalue weighted by atomic mass is 28.4. The Morgan fingerprint density at radius 3 is 1.98 bits per heavy atom. The Morgan fingerprint density at radius 1 is 0.975 bits per heavy atom. The number of carbonyl (C=O) groups excluding carboxylic acids is 2. The molecule has 4 rings (SSSR count). The van der Waals surface area contributed by atoms with Crippen LogP contribution in [0.5, 0.6) is 0 Å². The van der Waals surface area contributed by atoms with Crippen LogP contribution in [0.1, 0.15) is 40.8 Å². The molecule has 1 saturated heterocycles. The Labute approximate surface area is 233 Å². The molecule has 40 heavy (non-hydrogen) atoms. The van der Waals surface area contributed by atoms with Gasteiger partial charge in [-0.25, -0.2) is 0 Å². The van der Waals surface area contributed by atoms with E-state index in [1.54, 1.807) is 0 Å². The average molecular weight is 568 g/mol. The maximum atomic E-state index is 12.2. The van der Waals surface area contributed by atoms with Crippen molar-refractivity contribution in [3.05, 3.63) is 83.2 Å². The first-order chi connectivity index (χ1) is 19.0. The van der Waals surface area contributed by atoms with Crippen molar-refractivity contribution < 1.29 is 33.1 Å². The van der Waals surface area contributed by atoms with Crippen LogP contribution in [0, 0.1) is 10.1 Å². The summed E-state index contributed by atoms with van der Waals surface area (Å²) in [6.45, 7) is 8.77. The summed E-state index contributed by atoms with van der Waals surface area (Å²) in [5.41, 5.74) is 0. The second-order valence-corrected chi connectivity index (χ2v) is 14.9. The molecule has 2 heterocycles. The van der Waals surface area contributed by atoms with Gasteiger partial charge in [-0.05, 0) is 20.3 Å². The van der Waals surface area contributed by atoms with Crippen LogP contribution in [0.4, 0.5) is 5.95 Å². The molecule has 1 aliphatic heterocycles. The van der Waals surface area contributed by atoms with Crippen molar-refractivity contribution in [2.75, 3.05) is 6.61 Å². The van der Waals surface area contributed by atoms with Gasteiger partial charge in [-0.1, -0.05) is 86.4 Å². The highest BCUT2D eigenvalue weighted by molar-refractivity contribution is 6.99. The van der Waals surface area contributed by atoms with Crippen LogP contribution in [0.3, 0.4) is 0 Å². The van der Waals surface area contributed by atoms with Crippen LogP contribution in [0.15, 0.2) is 73.1 Å². The maximum Gasteiger partial charge on any atom is 0.436 e. The zero-order chi connectivity index (χ0) is 29.1. The molecule has 12 heteroatoms. The lowest BCUT2D eigenvalue weighted by molar-refractivity contribution is -0.398. The predicted molar refractivity (Wildman–Crippen MR) is 147 cm³/mol.